The second kappa shape index (κ2) is 8.57. The molecule has 0 radical (unpaired) electrons. The van der Waals surface area contributed by atoms with Gasteiger partial charge in [-0.3, -0.25) is 9.78 Å². The van der Waals surface area contributed by atoms with Gasteiger partial charge in [0.1, 0.15) is 18.2 Å². The molecular weight excluding hydrogens is 457 g/mol. The molecule has 0 unspecified atom stereocenters. The zero-order valence-corrected chi connectivity index (χ0v) is 18.7. The Hall–Kier alpha value is -4.14. The van der Waals surface area contributed by atoms with Crippen LogP contribution in [0.2, 0.25) is 0 Å². The third kappa shape index (κ3) is 4.37. The van der Waals surface area contributed by atoms with Crippen LogP contribution in [0.3, 0.4) is 0 Å². The number of nitrogens with two attached hydrogens (primary N) is 1. The predicted octanol–water partition coefficient (Wildman–Crippen LogP) is 5.32. The molecule has 1 amide bonds. The number of halogens is 3. The second-order valence-corrected chi connectivity index (χ2v) is 8.43. The van der Waals surface area contributed by atoms with Crippen LogP contribution in [0.5, 0.6) is 5.75 Å². The highest BCUT2D eigenvalue weighted by molar-refractivity contribution is 5.98. The van der Waals surface area contributed by atoms with Crippen LogP contribution in [0.25, 0.3) is 10.9 Å². The fraction of sp³-hybridized carbons (Fsp3) is 0.192. The number of anilines is 1. The van der Waals surface area contributed by atoms with E-state index in [1.165, 1.54) is 6.07 Å². The molecule has 35 heavy (non-hydrogen) atoms. The Morgan fingerprint density at radius 1 is 1.14 bits per heavy atom. The Morgan fingerprint density at radius 3 is 2.69 bits per heavy atom. The lowest BCUT2D eigenvalue weighted by atomic mass is 10.0. The smallest absolute Gasteiger partial charge is 0.417 e. The van der Waals surface area contributed by atoms with Crippen molar-refractivity contribution in [3.63, 3.8) is 0 Å². The number of aromatic nitrogens is 2. The van der Waals surface area contributed by atoms with Gasteiger partial charge in [-0.25, -0.2) is 4.98 Å². The van der Waals surface area contributed by atoms with Crippen molar-refractivity contribution in [3.8, 4) is 5.75 Å². The first-order chi connectivity index (χ1) is 16.7. The molecule has 0 saturated carbocycles. The van der Waals surface area contributed by atoms with Gasteiger partial charge in [0, 0.05) is 22.7 Å². The molecule has 1 atom stereocenters. The number of amides is 1. The van der Waals surface area contributed by atoms with E-state index in [0.717, 1.165) is 28.8 Å². The van der Waals surface area contributed by atoms with Gasteiger partial charge in [0.15, 0.2) is 0 Å². The monoisotopic (exact) mass is 478 g/mol. The van der Waals surface area contributed by atoms with Gasteiger partial charge >= 0.3 is 6.18 Å². The third-order valence-corrected chi connectivity index (χ3v) is 6.09. The van der Waals surface area contributed by atoms with E-state index in [9.17, 15) is 18.0 Å². The molecule has 2 aromatic heterocycles. The van der Waals surface area contributed by atoms with Crippen LogP contribution in [0.1, 0.15) is 38.8 Å². The Labute approximate surface area is 199 Å². The molecule has 2 aromatic carbocycles. The highest BCUT2D eigenvalue weighted by atomic mass is 19.4. The summed E-state index contributed by atoms with van der Waals surface area (Å²) in [6, 6.07) is 16.2. The summed E-state index contributed by atoms with van der Waals surface area (Å²) < 4.78 is 44.8. The summed E-state index contributed by atoms with van der Waals surface area (Å²) in [7, 11) is 0. The molecule has 6 nitrogen and oxygen atoms in total. The molecule has 1 aliphatic rings. The molecule has 0 bridgehead atoms. The molecule has 5 rings (SSSR count). The Kier molecular flexibility index (Phi) is 5.55. The molecule has 3 heterocycles. The van der Waals surface area contributed by atoms with Gasteiger partial charge in [0.05, 0.1) is 29.4 Å². The summed E-state index contributed by atoms with van der Waals surface area (Å²) in [6.45, 7) is 2.08. The summed E-state index contributed by atoms with van der Waals surface area (Å²) in [5, 5.41) is 0.762. The van der Waals surface area contributed by atoms with Crippen molar-refractivity contribution in [2.24, 2.45) is 0 Å². The number of alkyl halides is 3. The number of ether oxygens (including phenoxy) is 1. The highest BCUT2D eigenvalue weighted by Gasteiger charge is 2.34. The van der Waals surface area contributed by atoms with E-state index in [1.807, 2.05) is 37.3 Å². The molecule has 0 spiro atoms. The van der Waals surface area contributed by atoms with Crippen LogP contribution in [0.15, 0.2) is 66.9 Å². The number of nitrogen functional groups attached to an aromatic ring is 1. The average Bonchev–Trinajstić information content (AvgIpc) is 3.26. The number of nitrogens with zero attached hydrogens (tertiary/aromatic N) is 3. The Balaban J connectivity index is 1.53. The minimum Gasteiger partial charge on any atom is -0.491 e. The van der Waals surface area contributed by atoms with E-state index in [-0.39, 0.29) is 19.1 Å². The predicted molar refractivity (Wildman–Crippen MR) is 125 cm³/mol. The maximum absolute atomic E-state index is 13.8. The number of rotatable bonds is 4. The first kappa shape index (κ1) is 22.6. The third-order valence-electron chi connectivity index (χ3n) is 6.09. The van der Waals surface area contributed by atoms with Crippen molar-refractivity contribution >= 4 is 22.6 Å². The van der Waals surface area contributed by atoms with Gasteiger partial charge in [-0.15, -0.1) is 0 Å². The normalized spacial score (nSPS) is 15.0. The lowest BCUT2D eigenvalue weighted by Gasteiger charge is -2.28. The number of pyridine rings is 2. The van der Waals surface area contributed by atoms with Crippen LogP contribution in [-0.4, -0.2) is 27.4 Å². The Morgan fingerprint density at radius 2 is 1.94 bits per heavy atom. The molecule has 0 aliphatic carbocycles. The topological polar surface area (TPSA) is 81.3 Å². The van der Waals surface area contributed by atoms with Gasteiger partial charge < -0.3 is 15.4 Å². The zero-order valence-electron chi connectivity index (χ0n) is 18.7. The minimum absolute atomic E-state index is 0.0103. The summed E-state index contributed by atoms with van der Waals surface area (Å²) in [4.78, 5) is 23.7. The first-order valence-corrected chi connectivity index (χ1v) is 10.9. The Bertz CT molecular complexity index is 1420. The average molecular weight is 478 g/mol. The molecule has 4 aromatic rings. The summed E-state index contributed by atoms with van der Waals surface area (Å²) in [5.74, 6) is 0.796. The van der Waals surface area contributed by atoms with Crippen LogP contribution >= 0.6 is 0 Å². The number of carbonyl (C=O) groups is 1. The fourth-order valence-electron chi connectivity index (χ4n) is 4.18. The largest absolute Gasteiger partial charge is 0.491 e. The number of para-hydroxylation sites is 1. The van der Waals surface area contributed by atoms with Gasteiger partial charge in [0.25, 0.3) is 5.91 Å². The van der Waals surface area contributed by atoms with Crippen LogP contribution in [-0.2, 0) is 12.7 Å². The molecule has 0 fully saturated rings. The summed E-state index contributed by atoms with van der Waals surface area (Å²) in [6.07, 6.45) is -3.70. The number of hydrogen-bond donors (Lipinski definition) is 1. The molecular formula is C26H21F3N4O2. The van der Waals surface area contributed by atoms with Crippen LogP contribution in [0.4, 0.5) is 19.0 Å². The molecule has 0 saturated heterocycles. The van der Waals surface area contributed by atoms with Gasteiger partial charge in [-0.1, -0.05) is 18.2 Å². The number of hydrogen-bond acceptors (Lipinski definition) is 5. The lowest BCUT2D eigenvalue weighted by molar-refractivity contribution is -0.137. The SMILES string of the molecule is Cc1cc2cc(C(=O)N(Cc3ccc(C(F)(F)F)cn3)[C@@H]3COc4ccccc43)ccc2nc1N. The summed E-state index contributed by atoms with van der Waals surface area (Å²) >= 11 is 0. The van der Waals surface area contributed by atoms with E-state index in [4.69, 9.17) is 10.5 Å². The number of aryl methyl sites for hydroxylation is 1. The minimum atomic E-state index is -4.49. The number of carbonyl (C=O) groups excluding carboxylic acids is 1. The lowest BCUT2D eigenvalue weighted by Crippen LogP contribution is -2.35. The van der Waals surface area contributed by atoms with Crippen LogP contribution in [0, 0.1) is 6.92 Å². The van der Waals surface area contributed by atoms with Crippen molar-refractivity contribution in [3.05, 3.63) is 94.8 Å². The fourth-order valence-corrected chi connectivity index (χ4v) is 4.18. The van der Waals surface area contributed by atoms with E-state index in [1.54, 1.807) is 23.1 Å². The standard InChI is InChI=1S/C26H21F3N4O2/c1-15-10-17-11-16(6-9-21(17)32-24(15)30)25(34)33(22-14-35-23-5-3-2-4-20(22)23)13-19-8-7-18(12-31-19)26(27,28)29/h2-12,22H,13-14H2,1H3,(H2,30,32)/t22-/m1/s1. The van der Waals surface area contributed by atoms with Crippen molar-refractivity contribution in [1.29, 1.82) is 0 Å². The van der Waals surface area contributed by atoms with E-state index >= 15 is 0 Å². The zero-order chi connectivity index (χ0) is 24.7. The van der Waals surface area contributed by atoms with E-state index < -0.39 is 17.8 Å². The van der Waals surface area contributed by atoms with Gasteiger partial charge in [0.2, 0.25) is 0 Å². The van der Waals surface area contributed by atoms with Crippen molar-refractivity contribution in [2.75, 3.05) is 12.3 Å². The molecule has 9 heteroatoms. The van der Waals surface area contributed by atoms with E-state index in [2.05, 4.69) is 9.97 Å². The summed E-state index contributed by atoms with van der Waals surface area (Å²) in [5.41, 5.74) is 8.11. The number of benzene rings is 2. The van der Waals surface area contributed by atoms with Crippen molar-refractivity contribution in [1.82, 2.24) is 14.9 Å². The van der Waals surface area contributed by atoms with Crippen molar-refractivity contribution < 1.29 is 22.7 Å². The molecule has 2 N–H and O–H groups in total. The van der Waals surface area contributed by atoms with Gasteiger partial charge in [-0.05, 0) is 55.0 Å². The van der Waals surface area contributed by atoms with Crippen LogP contribution < -0.4 is 10.5 Å². The molecule has 178 valence electrons. The second-order valence-electron chi connectivity index (χ2n) is 8.43. The maximum atomic E-state index is 13.8. The van der Waals surface area contributed by atoms with Gasteiger partial charge in [-0.2, -0.15) is 13.2 Å². The maximum Gasteiger partial charge on any atom is 0.417 e. The first-order valence-electron chi connectivity index (χ1n) is 10.9. The highest BCUT2D eigenvalue weighted by Crippen LogP contribution is 2.37. The molecule has 1 aliphatic heterocycles. The quantitative estimate of drug-likeness (QED) is 0.430. The van der Waals surface area contributed by atoms with E-state index in [0.29, 0.717) is 28.3 Å². The van der Waals surface area contributed by atoms with Crippen molar-refractivity contribution in [2.45, 2.75) is 25.7 Å². The number of fused-ring (bicyclic) bond motifs is 2.